The Kier molecular flexibility index (Phi) is 7.35. The van der Waals surface area contributed by atoms with Crippen LogP contribution in [0, 0.1) is 18.8 Å². The van der Waals surface area contributed by atoms with Crippen LogP contribution in [-0.4, -0.2) is 42.6 Å². The van der Waals surface area contributed by atoms with Gasteiger partial charge in [0.1, 0.15) is 18.1 Å². The SMILES string of the molecule is Cc1ccc(S(=O)(=O)N(C2=CCC(C(F)(F)F)C=C2OCC2=CCC(C(=O)O)C=C2)C(C)C)o1. The standard InChI is InChI=1S/C23H26F3NO6S/c1-14(2)27(34(30,31)21-11-4-15(3)33-21)19-10-9-18(23(24,25)26)12-20(19)32-13-16-5-7-17(8-6-16)22(28)29/h4-7,10-12,14,17-18H,8-9,13H2,1-3H3,(H,28,29). The van der Waals surface area contributed by atoms with Crippen molar-refractivity contribution in [3.63, 3.8) is 0 Å². The van der Waals surface area contributed by atoms with Crippen LogP contribution in [-0.2, 0) is 19.6 Å². The van der Waals surface area contributed by atoms with E-state index in [1.165, 1.54) is 24.3 Å². The molecule has 7 nitrogen and oxygen atoms in total. The third-order valence-electron chi connectivity index (χ3n) is 5.41. The molecule has 34 heavy (non-hydrogen) atoms. The smallest absolute Gasteiger partial charge is 0.395 e. The number of rotatable bonds is 8. The Morgan fingerprint density at radius 1 is 1.26 bits per heavy atom. The van der Waals surface area contributed by atoms with Gasteiger partial charge >= 0.3 is 12.1 Å². The number of halogens is 3. The summed E-state index contributed by atoms with van der Waals surface area (Å²) in [5, 5.41) is 8.75. The largest absolute Gasteiger partial charge is 0.487 e. The van der Waals surface area contributed by atoms with E-state index in [0.717, 1.165) is 10.4 Å². The zero-order valence-corrected chi connectivity index (χ0v) is 19.7. The van der Waals surface area contributed by atoms with E-state index in [1.54, 1.807) is 32.9 Å². The van der Waals surface area contributed by atoms with Crippen molar-refractivity contribution in [2.75, 3.05) is 6.61 Å². The normalized spacial score (nSPS) is 21.1. The maximum Gasteiger partial charge on any atom is 0.395 e. The molecular weight excluding hydrogens is 475 g/mol. The Bertz CT molecular complexity index is 1160. The molecule has 3 rings (SSSR count). The Labute approximate surface area is 195 Å². The highest BCUT2D eigenvalue weighted by Gasteiger charge is 2.42. The van der Waals surface area contributed by atoms with Gasteiger partial charge in [0.15, 0.2) is 0 Å². The lowest BCUT2D eigenvalue weighted by molar-refractivity contribution is -0.161. The number of ether oxygens (including phenoxy) is 1. The van der Waals surface area contributed by atoms with Crippen molar-refractivity contribution >= 4 is 16.0 Å². The van der Waals surface area contributed by atoms with Crippen LogP contribution in [0.2, 0.25) is 0 Å². The molecule has 1 N–H and O–H groups in total. The number of furan rings is 1. The molecule has 0 radical (unpaired) electrons. The van der Waals surface area contributed by atoms with E-state index >= 15 is 0 Å². The second-order valence-electron chi connectivity index (χ2n) is 8.37. The summed E-state index contributed by atoms with van der Waals surface area (Å²) in [6.07, 6.45) is 2.01. The molecule has 0 saturated carbocycles. The Morgan fingerprint density at radius 3 is 2.47 bits per heavy atom. The average molecular weight is 502 g/mol. The van der Waals surface area contributed by atoms with Gasteiger partial charge in [-0.05, 0) is 57.4 Å². The minimum absolute atomic E-state index is 0.00615. The summed E-state index contributed by atoms with van der Waals surface area (Å²) in [6.45, 7) is 4.63. The molecule has 0 bridgehead atoms. The number of sulfonamides is 1. The van der Waals surface area contributed by atoms with Gasteiger partial charge in [-0.2, -0.15) is 21.6 Å². The molecule has 2 aliphatic rings. The number of nitrogens with zero attached hydrogens (tertiary/aromatic N) is 1. The first-order valence-electron chi connectivity index (χ1n) is 10.6. The van der Waals surface area contributed by atoms with E-state index in [4.69, 9.17) is 14.3 Å². The van der Waals surface area contributed by atoms with Gasteiger partial charge in [-0.1, -0.05) is 24.3 Å². The minimum atomic E-state index is -4.53. The molecule has 0 saturated heterocycles. The lowest BCUT2D eigenvalue weighted by Gasteiger charge is -2.33. The zero-order chi connectivity index (χ0) is 25.3. The molecular formula is C23H26F3NO6S. The van der Waals surface area contributed by atoms with Gasteiger partial charge in [-0.3, -0.25) is 9.10 Å². The van der Waals surface area contributed by atoms with Gasteiger partial charge in [0.25, 0.3) is 10.0 Å². The number of alkyl halides is 3. The first-order chi connectivity index (χ1) is 15.8. The van der Waals surface area contributed by atoms with Crippen molar-refractivity contribution in [2.45, 2.75) is 50.9 Å². The van der Waals surface area contributed by atoms with Crippen molar-refractivity contribution in [1.82, 2.24) is 4.31 Å². The fraction of sp³-hybridized carbons (Fsp3) is 0.435. The molecule has 2 aliphatic carbocycles. The molecule has 11 heteroatoms. The highest BCUT2D eigenvalue weighted by Crippen LogP contribution is 2.39. The van der Waals surface area contributed by atoms with Gasteiger partial charge in [0, 0.05) is 6.04 Å². The van der Waals surface area contributed by atoms with Crippen LogP contribution in [0.4, 0.5) is 13.2 Å². The second-order valence-corrected chi connectivity index (χ2v) is 10.1. The highest BCUT2D eigenvalue weighted by atomic mass is 32.2. The number of aryl methyl sites for hydroxylation is 1. The maximum absolute atomic E-state index is 13.5. The predicted octanol–water partition coefficient (Wildman–Crippen LogP) is 4.94. The van der Waals surface area contributed by atoms with Crippen LogP contribution in [0.1, 0.15) is 32.4 Å². The van der Waals surface area contributed by atoms with Gasteiger partial charge in [-0.15, -0.1) is 0 Å². The number of hydrogen-bond acceptors (Lipinski definition) is 5. The summed E-state index contributed by atoms with van der Waals surface area (Å²) in [5.41, 5.74) is 0.570. The summed E-state index contributed by atoms with van der Waals surface area (Å²) < 4.78 is 79.0. The van der Waals surface area contributed by atoms with E-state index in [0.29, 0.717) is 11.3 Å². The van der Waals surface area contributed by atoms with E-state index in [2.05, 4.69) is 0 Å². The monoisotopic (exact) mass is 501 g/mol. The van der Waals surface area contributed by atoms with Crippen molar-refractivity contribution < 1.29 is 40.6 Å². The summed E-state index contributed by atoms with van der Waals surface area (Å²) in [6, 6.07) is 2.13. The molecule has 1 aromatic heterocycles. The molecule has 2 unspecified atom stereocenters. The molecule has 1 heterocycles. The van der Waals surface area contributed by atoms with Crippen LogP contribution >= 0.6 is 0 Å². The van der Waals surface area contributed by atoms with Crippen LogP contribution in [0.3, 0.4) is 0 Å². The van der Waals surface area contributed by atoms with E-state index in [9.17, 15) is 26.4 Å². The van der Waals surface area contributed by atoms with E-state index < -0.39 is 46.5 Å². The summed E-state index contributed by atoms with van der Waals surface area (Å²) in [5.74, 6) is -3.34. The third-order valence-corrected chi connectivity index (χ3v) is 7.28. The minimum Gasteiger partial charge on any atom is -0.487 e. The fourth-order valence-electron chi connectivity index (χ4n) is 3.67. The maximum atomic E-state index is 13.5. The number of allylic oxidation sites excluding steroid dienone is 3. The van der Waals surface area contributed by atoms with E-state index in [-0.39, 0.29) is 29.6 Å². The predicted molar refractivity (Wildman–Crippen MR) is 117 cm³/mol. The molecule has 0 spiro atoms. The number of hydrogen-bond donors (Lipinski definition) is 1. The second kappa shape index (κ2) is 9.73. The molecule has 0 aliphatic heterocycles. The van der Waals surface area contributed by atoms with Crippen LogP contribution in [0.25, 0.3) is 0 Å². The van der Waals surface area contributed by atoms with Gasteiger partial charge in [0.2, 0.25) is 5.09 Å². The number of carboxylic acid groups (broad SMARTS) is 1. The molecule has 2 atom stereocenters. The first kappa shape index (κ1) is 25.7. The molecule has 0 aromatic carbocycles. The third kappa shape index (κ3) is 5.57. The van der Waals surface area contributed by atoms with Crippen LogP contribution in [0.5, 0.6) is 0 Å². The summed E-state index contributed by atoms with van der Waals surface area (Å²) in [4.78, 5) is 11.1. The van der Waals surface area contributed by atoms with Crippen LogP contribution < -0.4 is 0 Å². The topological polar surface area (TPSA) is 97.0 Å². The lowest BCUT2D eigenvalue weighted by Crippen LogP contribution is -2.38. The number of carbonyl (C=O) groups is 1. The lowest BCUT2D eigenvalue weighted by atomic mass is 9.96. The Hall–Kier alpha value is -2.95. The molecule has 186 valence electrons. The summed E-state index contributed by atoms with van der Waals surface area (Å²) in [7, 11) is -4.22. The number of aliphatic carboxylic acids is 1. The fourth-order valence-corrected chi connectivity index (χ4v) is 5.32. The Balaban J connectivity index is 1.92. The van der Waals surface area contributed by atoms with E-state index in [1.807, 2.05) is 0 Å². The Morgan fingerprint density at radius 2 is 1.97 bits per heavy atom. The zero-order valence-electron chi connectivity index (χ0n) is 18.9. The molecule has 0 fully saturated rings. The van der Waals surface area contributed by atoms with Gasteiger partial charge < -0.3 is 14.3 Å². The quantitative estimate of drug-likeness (QED) is 0.542. The van der Waals surface area contributed by atoms with Crippen LogP contribution in [0.15, 0.2) is 69.1 Å². The first-order valence-corrected chi connectivity index (χ1v) is 12.1. The summed E-state index contributed by atoms with van der Waals surface area (Å²) >= 11 is 0. The molecule has 1 aromatic rings. The van der Waals surface area contributed by atoms with Crippen molar-refractivity contribution in [3.05, 3.63) is 65.3 Å². The van der Waals surface area contributed by atoms with Gasteiger partial charge in [0.05, 0.1) is 17.5 Å². The average Bonchev–Trinajstić information content (AvgIpc) is 3.19. The number of carboxylic acids is 1. The van der Waals surface area contributed by atoms with Crippen molar-refractivity contribution in [2.24, 2.45) is 11.8 Å². The highest BCUT2D eigenvalue weighted by molar-refractivity contribution is 7.89. The molecule has 0 amide bonds. The van der Waals surface area contributed by atoms with Gasteiger partial charge in [-0.25, -0.2) is 0 Å². The van der Waals surface area contributed by atoms with Crippen molar-refractivity contribution in [3.8, 4) is 0 Å². The van der Waals surface area contributed by atoms with Crippen molar-refractivity contribution in [1.29, 1.82) is 0 Å².